The number of para-hydroxylation sites is 1. The molecule has 3 nitrogen and oxygen atoms in total. The lowest BCUT2D eigenvalue weighted by Crippen LogP contribution is -2.21. The van der Waals surface area contributed by atoms with E-state index in [0.29, 0.717) is 17.9 Å². The van der Waals surface area contributed by atoms with Crippen LogP contribution in [0.3, 0.4) is 0 Å². The van der Waals surface area contributed by atoms with Crippen molar-refractivity contribution in [1.29, 1.82) is 0 Å². The second-order valence-electron chi connectivity index (χ2n) is 3.89. The van der Waals surface area contributed by atoms with Crippen LogP contribution in [0.1, 0.15) is 5.56 Å². The van der Waals surface area contributed by atoms with Crippen LogP contribution >= 0.6 is 11.6 Å². The summed E-state index contributed by atoms with van der Waals surface area (Å²) < 4.78 is 18.6. The predicted octanol–water partition coefficient (Wildman–Crippen LogP) is 3.60. The lowest BCUT2D eigenvalue weighted by molar-refractivity contribution is 0.407. The van der Waals surface area contributed by atoms with Gasteiger partial charge in [0.25, 0.3) is 0 Å². The third-order valence-electron chi connectivity index (χ3n) is 2.64. The van der Waals surface area contributed by atoms with Crippen LogP contribution in [0.4, 0.5) is 10.1 Å². The van der Waals surface area contributed by atoms with Crippen molar-refractivity contribution in [2.24, 2.45) is 0 Å². The maximum atomic E-state index is 13.4. The van der Waals surface area contributed by atoms with E-state index in [4.69, 9.17) is 16.3 Å². The zero-order valence-corrected chi connectivity index (χ0v) is 11.2. The molecule has 0 aliphatic carbocycles. The maximum absolute atomic E-state index is 13.4. The Bertz CT molecular complexity index is 549. The molecule has 0 unspecified atom stereocenters. The lowest BCUT2D eigenvalue weighted by Gasteiger charge is -2.13. The van der Waals surface area contributed by atoms with Gasteiger partial charge in [-0.2, -0.15) is 0 Å². The lowest BCUT2D eigenvalue weighted by atomic mass is 10.2. The van der Waals surface area contributed by atoms with Gasteiger partial charge in [-0.1, -0.05) is 29.8 Å². The van der Waals surface area contributed by atoms with Gasteiger partial charge in [-0.15, -0.1) is 0 Å². The molecule has 0 heterocycles. The zero-order valence-electron chi connectivity index (χ0n) is 10.4. The quantitative estimate of drug-likeness (QED) is 0.821. The smallest absolute Gasteiger partial charge is 0.142 e. The van der Waals surface area contributed by atoms with Crippen LogP contribution in [0.15, 0.2) is 42.5 Å². The fourth-order valence-electron chi connectivity index (χ4n) is 1.69. The van der Waals surface area contributed by atoms with Crippen molar-refractivity contribution < 1.29 is 9.13 Å². The second-order valence-corrected chi connectivity index (χ2v) is 4.26. The van der Waals surface area contributed by atoms with E-state index >= 15 is 0 Å². The Morgan fingerprint density at radius 1 is 1.16 bits per heavy atom. The first-order valence-corrected chi connectivity index (χ1v) is 6.15. The van der Waals surface area contributed by atoms with Crippen LogP contribution in [-0.4, -0.2) is 7.11 Å². The fourth-order valence-corrected chi connectivity index (χ4v) is 1.91. The monoisotopic (exact) mass is 280 g/mol. The van der Waals surface area contributed by atoms with Crippen molar-refractivity contribution in [3.05, 3.63) is 58.9 Å². The van der Waals surface area contributed by atoms with Gasteiger partial charge in [-0.25, -0.2) is 9.82 Å². The van der Waals surface area contributed by atoms with Crippen LogP contribution in [0, 0.1) is 5.82 Å². The van der Waals surface area contributed by atoms with Crippen molar-refractivity contribution in [3.8, 4) is 5.75 Å². The number of rotatable bonds is 5. The molecule has 0 saturated heterocycles. The summed E-state index contributed by atoms with van der Waals surface area (Å²) in [6.07, 6.45) is 0. The van der Waals surface area contributed by atoms with E-state index in [2.05, 4.69) is 10.9 Å². The first kappa shape index (κ1) is 13.6. The third-order valence-corrected chi connectivity index (χ3v) is 3.05. The summed E-state index contributed by atoms with van der Waals surface area (Å²) in [5.41, 5.74) is 7.47. The Labute approximate surface area is 116 Å². The number of ether oxygens (including phenoxy) is 1. The number of nitrogens with one attached hydrogen (secondary N) is 2. The number of hydrogen-bond donors (Lipinski definition) is 2. The first-order valence-electron chi connectivity index (χ1n) is 5.77. The van der Waals surface area contributed by atoms with Crippen molar-refractivity contribution >= 4 is 17.3 Å². The van der Waals surface area contributed by atoms with Crippen LogP contribution in [0.2, 0.25) is 5.02 Å². The van der Waals surface area contributed by atoms with Gasteiger partial charge in [0.15, 0.2) is 0 Å². The highest BCUT2D eigenvalue weighted by atomic mass is 35.5. The molecule has 100 valence electrons. The van der Waals surface area contributed by atoms with Gasteiger partial charge in [0, 0.05) is 17.8 Å². The van der Waals surface area contributed by atoms with E-state index in [0.717, 1.165) is 5.69 Å². The predicted molar refractivity (Wildman–Crippen MR) is 74.9 cm³/mol. The summed E-state index contributed by atoms with van der Waals surface area (Å²) in [6, 6.07) is 12.4. The van der Waals surface area contributed by atoms with E-state index in [1.54, 1.807) is 6.07 Å². The van der Waals surface area contributed by atoms with E-state index < -0.39 is 5.82 Å². The Morgan fingerprint density at radius 2 is 1.89 bits per heavy atom. The van der Waals surface area contributed by atoms with Crippen LogP contribution in [0.5, 0.6) is 5.75 Å². The minimum Gasteiger partial charge on any atom is -0.496 e. The zero-order chi connectivity index (χ0) is 13.7. The average Bonchev–Trinajstić information content (AvgIpc) is 2.45. The Hall–Kier alpha value is -1.78. The van der Waals surface area contributed by atoms with Crippen LogP contribution < -0.4 is 15.6 Å². The number of hydrazine groups is 1. The molecule has 2 aromatic rings. The summed E-state index contributed by atoms with van der Waals surface area (Å²) in [6.45, 7) is 0.342. The van der Waals surface area contributed by atoms with E-state index in [-0.39, 0.29) is 5.02 Å². The normalized spacial score (nSPS) is 10.3. The number of benzene rings is 2. The highest BCUT2D eigenvalue weighted by Crippen LogP contribution is 2.28. The van der Waals surface area contributed by atoms with Crippen molar-refractivity contribution in [3.63, 3.8) is 0 Å². The molecule has 0 amide bonds. The van der Waals surface area contributed by atoms with Crippen molar-refractivity contribution in [2.75, 3.05) is 12.5 Å². The van der Waals surface area contributed by atoms with Crippen molar-refractivity contribution in [2.45, 2.75) is 6.54 Å². The summed E-state index contributed by atoms with van der Waals surface area (Å²) in [5.74, 6) is 0.0905. The minimum atomic E-state index is -0.459. The van der Waals surface area contributed by atoms with E-state index in [1.165, 1.54) is 13.2 Å². The highest BCUT2D eigenvalue weighted by Gasteiger charge is 2.11. The Morgan fingerprint density at radius 3 is 2.58 bits per heavy atom. The number of methoxy groups -OCH3 is 1. The highest BCUT2D eigenvalue weighted by molar-refractivity contribution is 6.31. The minimum absolute atomic E-state index is 0.0710. The average molecular weight is 281 g/mol. The molecule has 2 aromatic carbocycles. The number of anilines is 1. The van der Waals surface area contributed by atoms with E-state index in [1.807, 2.05) is 30.3 Å². The third kappa shape index (κ3) is 3.36. The molecular formula is C14H14ClFN2O. The molecule has 5 heteroatoms. The standard InChI is InChI=1S/C14H14ClFN2O/c1-19-13-8-7-12(16)14(15)11(13)9-17-18-10-5-3-2-4-6-10/h2-8,17-18H,9H2,1H3. The SMILES string of the molecule is COc1ccc(F)c(Cl)c1CNNc1ccccc1. The summed E-state index contributed by atoms with van der Waals surface area (Å²) >= 11 is 5.94. The van der Waals surface area contributed by atoms with Gasteiger partial charge in [0.2, 0.25) is 0 Å². The molecule has 0 radical (unpaired) electrons. The molecule has 0 aliphatic heterocycles. The van der Waals surface area contributed by atoms with Gasteiger partial charge in [0.05, 0.1) is 12.1 Å². The second kappa shape index (κ2) is 6.41. The molecule has 0 atom stereocenters. The van der Waals surface area contributed by atoms with Gasteiger partial charge in [-0.05, 0) is 24.3 Å². The molecule has 0 aromatic heterocycles. The van der Waals surface area contributed by atoms with Crippen LogP contribution in [-0.2, 0) is 6.54 Å². The van der Waals surface area contributed by atoms with Gasteiger partial charge in [0.1, 0.15) is 11.6 Å². The molecule has 0 aliphatic rings. The van der Waals surface area contributed by atoms with Gasteiger partial charge < -0.3 is 10.2 Å². The van der Waals surface area contributed by atoms with Gasteiger partial charge >= 0.3 is 0 Å². The number of halogens is 2. The molecule has 2 rings (SSSR count). The van der Waals surface area contributed by atoms with Gasteiger partial charge in [-0.3, -0.25) is 0 Å². The largest absolute Gasteiger partial charge is 0.496 e. The molecule has 0 bridgehead atoms. The van der Waals surface area contributed by atoms with Crippen LogP contribution in [0.25, 0.3) is 0 Å². The molecule has 2 N–H and O–H groups in total. The molecule has 19 heavy (non-hydrogen) atoms. The molecule has 0 saturated carbocycles. The fraction of sp³-hybridized carbons (Fsp3) is 0.143. The number of hydrogen-bond acceptors (Lipinski definition) is 3. The maximum Gasteiger partial charge on any atom is 0.142 e. The van der Waals surface area contributed by atoms with E-state index in [9.17, 15) is 4.39 Å². The summed E-state index contributed by atoms with van der Waals surface area (Å²) in [7, 11) is 1.53. The molecule has 0 spiro atoms. The molecule has 0 fully saturated rings. The Kier molecular flexibility index (Phi) is 4.60. The first-order chi connectivity index (χ1) is 9.22. The summed E-state index contributed by atoms with van der Waals surface area (Å²) in [4.78, 5) is 0. The summed E-state index contributed by atoms with van der Waals surface area (Å²) in [5, 5.41) is 0.0710. The molecular weight excluding hydrogens is 267 g/mol. The van der Waals surface area contributed by atoms with Crippen molar-refractivity contribution in [1.82, 2.24) is 5.43 Å². The Balaban J connectivity index is 2.05. The topological polar surface area (TPSA) is 33.3 Å².